The molecule has 0 bridgehead atoms. The zero-order valence-electron chi connectivity index (χ0n) is 11.6. The van der Waals surface area contributed by atoms with Gasteiger partial charge in [0, 0.05) is 12.6 Å². The molecule has 1 aliphatic rings. The molecule has 0 unspecified atom stereocenters. The van der Waals surface area contributed by atoms with Gasteiger partial charge in [-0.15, -0.1) is 0 Å². The number of amides is 1. The average molecular weight is 281 g/mol. The topological polar surface area (TPSA) is 29.1 Å². The van der Waals surface area contributed by atoms with E-state index in [-0.39, 0.29) is 11.7 Å². The Labute approximate surface area is 123 Å². The molecule has 2 nitrogen and oxygen atoms in total. The molecule has 1 N–H and O–H groups in total. The number of carbonyl (C=O) groups excluding carboxylic acids is 1. The van der Waals surface area contributed by atoms with Crippen molar-refractivity contribution in [3.05, 3.63) is 77.1 Å². The molecule has 0 aromatic heterocycles. The van der Waals surface area contributed by atoms with E-state index in [9.17, 15) is 9.18 Å². The first-order valence-electron chi connectivity index (χ1n) is 7.03. The molecule has 2 aromatic carbocycles. The molecule has 0 aliphatic heterocycles. The normalized spacial score (nSPS) is 15.0. The van der Waals surface area contributed by atoms with Crippen molar-refractivity contribution in [3.63, 3.8) is 0 Å². The van der Waals surface area contributed by atoms with Crippen molar-refractivity contribution in [2.24, 2.45) is 0 Å². The quantitative estimate of drug-likeness (QED) is 0.858. The molecule has 0 saturated heterocycles. The fraction of sp³-hybridized carbons (Fsp3) is 0.167. The lowest BCUT2D eigenvalue weighted by atomic mass is 10.1. The van der Waals surface area contributed by atoms with Gasteiger partial charge < -0.3 is 5.32 Å². The first kappa shape index (κ1) is 13.6. The Morgan fingerprint density at radius 2 is 1.95 bits per heavy atom. The smallest absolute Gasteiger partial charge is 0.244 e. The number of rotatable bonds is 3. The summed E-state index contributed by atoms with van der Waals surface area (Å²) in [5.41, 5.74) is 3.94. The maximum Gasteiger partial charge on any atom is 0.244 e. The van der Waals surface area contributed by atoms with Crippen LogP contribution in [-0.2, 0) is 17.8 Å². The predicted octanol–water partition coefficient (Wildman–Crippen LogP) is 3.47. The van der Waals surface area contributed by atoms with Crippen molar-refractivity contribution in [1.82, 2.24) is 5.32 Å². The van der Waals surface area contributed by atoms with Gasteiger partial charge in [0.2, 0.25) is 5.91 Å². The van der Waals surface area contributed by atoms with Crippen molar-refractivity contribution in [2.45, 2.75) is 19.4 Å². The molecule has 3 heteroatoms. The largest absolute Gasteiger partial charge is 0.348 e. The maximum atomic E-state index is 13.3. The van der Waals surface area contributed by atoms with Crippen molar-refractivity contribution in [2.75, 3.05) is 0 Å². The summed E-state index contributed by atoms with van der Waals surface area (Å²) in [7, 11) is 0. The van der Waals surface area contributed by atoms with E-state index in [1.54, 1.807) is 12.1 Å². The van der Waals surface area contributed by atoms with E-state index in [0.29, 0.717) is 6.54 Å². The highest BCUT2D eigenvalue weighted by Crippen LogP contribution is 2.32. The minimum absolute atomic E-state index is 0.133. The number of halogens is 1. The van der Waals surface area contributed by atoms with Crippen LogP contribution in [0.15, 0.2) is 54.6 Å². The Balaban J connectivity index is 1.69. The zero-order valence-corrected chi connectivity index (χ0v) is 11.6. The SMILES string of the molecule is O=C(/C=C1/CCc2ccc(F)cc21)NCc1ccccc1. The maximum absolute atomic E-state index is 13.3. The number of aryl methyl sites for hydroxylation is 1. The number of nitrogens with one attached hydrogen (secondary N) is 1. The Morgan fingerprint density at radius 1 is 1.14 bits per heavy atom. The molecule has 1 amide bonds. The molecule has 0 fully saturated rings. The van der Waals surface area contributed by atoms with Gasteiger partial charge in [0.25, 0.3) is 0 Å². The van der Waals surface area contributed by atoms with E-state index in [0.717, 1.165) is 35.1 Å². The molecule has 1 aliphatic carbocycles. The predicted molar refractivity (Wildman–Crippen MR) is 81.0 cm³/mol. The van der Waals surface area contributed by atoms with Crippen LogP contribution in [0.2, 0.25) is 0 Å². The van der Waals surface area contributed by atoms with E-state index in [2.05, 4.69) is 5.32 Å². The van der Waals surface area contributed by atoms with Gasteiger partial charge in [0.05, 0.1) is 0 Å². The third-order valence-electron chi connectivity index (χ3n) is 3.70. The Bertz CT molecular complexity index is 692. The molecule has 0 heterocycles. The van der Waals surface area contributed by atoms with Crippen LogP contribution in [0, 0.1) is 5.82 Å². The molecule has 21 heavy (non-hydrogen) atoms. The standard InChI is InChI=1S/C18H16FNO/c19-16-9-8-14-6-7-15(17(14)11-16)10-18(21)20-12-13-4-2-1-3-5-13/h1-5,8-11H,6-7,12H2,(H,20,21)/b15-10-. The first-order valence-corrected chi connectivity index (χ1v) is 7.03. The minimum Gasteiger partial charge on any atom is -0.348 e. The Kier molecular flexibility index (Phi) is 3.82. The van der Waals surface area contributed by atoms with E-state index >= 15 is 0 Å². The molecule has 0 radical (unpaired) electrons. The molecule has 0 spiro atoms. The molecular weight excluding hydrogens is 265 g/mol. The van der Waals surface area contributed by atoms with Crippen LogP contribution in [0.5, 0.6) is 0 Å². The van der Waals surface area contributed by atoms with Crippen LogP contribution < -0.4 is 5.32 Å². The highest BCUT2D eigenvalue weighted by Gasteiger charge is 2.17. The van der Waals surface area contributed by atoms with Crippen LogP contribution in [0.1, 0.15) is 23.1 Å². The van der Waals surface area contributed by atoms with Crippen LogP contribution in [0.4, 0.5) is 4.39 Å². The second-order valence-electron chi connectivity index (χ2n) is 5.17. The van der Waals surface area contributed by atoms with Crippen molar-refractivity contribution >= 4 is 11.5 Å². The Morgan fingerprint density at radius 3 is 2.76 bits per heavy atom. The van der Waals surface area contributed by atoms with Gasteiger partial charge in [0.15, 0.2) is 0 Å². The molecule has 3 rings (SSSR count). The van der Waals surface area contributed by atoms with Gasteiger partial charge in [-0.25, -0.2) is 4.39 Å². The third kappa shape index (κ3) is 3.19. The lowest BCUT2D eigenvalue weighted by Gasteiger charge is -2.04. The summed E-state index contributed by atoms with van der Waals surface area (Å²) in [6, 6.07) is 14.5. The molecular formula is C18H16FNO. The van der Waals surface area contributed by atoms with Crippen LogP contribution >= 0.6 is 0 Å². The van der Waals surface area contributed by atoms with Crippen LogP contribution in [0.25, 0.3) is 5.57 Å². The lowest BCUT2D eigenvalue weighted by molar-refractivity contribution is -0.116. The number of benzene rings is 2. The van der Waals surface area contributed by atoms with Crippen molar-refractivity contribution in [1.29, 1.82) is 0 Å². The van der Waals surface area contributed by atoms with E-state index < -0.39 is 0 Å². The van der Waals surface area contributed by atoms with Crippen molar-refractivity contribution in [3.8, 4) is 0 Å². The second-order valence-corrected chi connectivity index (χ2v) is 5.17. The number of carbonyl (C=O) groups is 1. The molecule has 2 aromatic rings. The van der Waals surface area contributed by atoms with Gasteiger partial charge in [-0.2, -0.15) is 0 Å². The summed E-state index contributed by atoms with van der Waals surface area (Å²) in [5, 5.41) is 2.86. The van der Waals surface area contributed by atoms with Gasteiger partial charge in [-0.1, -0.05) is 36.4 Å². The average Bonchev–Trinajstić information content (AvgIpc) is 2.88. The summed E-state index contributed by atoms with van der Waals surface area (Å²) in [6.07, 6.45) is 3.25. The molecule has 0 atom stereocenters. The van der Waals surface area contributed by atoms with E-state index in [4.69, 9.17) is 0 Å². The number of fused-ring (bicyclic) bond motifs is 1. The molecule has 106 valence electrons. The minimum atomic E-state index is -0.258. The number of hydrogen-bond donors (Lipinski definition) is 1. The van der Waals surface area contributed by atoms with Gasteiger partial charge in [-0.05, 0) is 47.2 Å². The van der Waals surface area contributed by atoms with Crippen molar-refractivity contribution < 1.29 is 9.18 Å². The summed E-state index contributed by atoms with van der Waals surface area (Å²) in [5.74, 6) is -0.391. The summed E-state index contributed by atoms with van der Waals surface area (Å²) < 4.78 is 13.3. The number of allylic oxidation sites excluding steroid dienone is 1. The first-order chi connectivity index (χ1) is 10.2. The monoisotopic (exact) mass is 281 g/mol. The fourth-order valence-corrected chi connectivity index (χ4v) is 2.61. The fourth-order valence-electron chi connectivity index (χ4n) is 2.61. The van der Waals surface area contributed by atoms with Crippen LogP contribution in [-0.4, -0.2) is 5.91 Å². The van der Waals surface area contributed by atoms with Gasteiger partial charge in [-0.3, -0.25) is 4.79 Å². The van der Waals surface area contributed by atoms with E-state index in [1.165, 1.54) is 12.1 Å². The summed E-state index contributed by atoms with van der Waals surface area (Å²) >= 11 is 0. The zero-order chi connectivity index (χ0) is 14.7. The number of hydrogen-bond acceptors (Lipinski definition) is 1. The highest BCUT2D eigenvalue weighted by atomic mass is 19.1. The third-order valence-corrected chi connectivity index (χ3v) is 3.70. The van der Waals surface area contributed by atoms with Gasteiger partial charge in [0.1, 0.15) is 5.82 Å². The Hall–Kier alpha value is -2.42. The van der Waals surface area contributed by atoms with Gasteiger partial charge >= 0.3 is 0 Å². The van der Waals surface area contributed by atoms with E-state index in [1.807, 2.05) is 30.3 Å². The second kappa shape index (κ2) is 5.92. The lowest BCUT2D eigenvalue weighted by Crippen LogP contribution is -2.20. The molecule has 0 saturated carbocycles. The van der Waals surface area contributed by atoms with Crippen LogP contribution in [0.3, 0.4) is 0 Å². The summed E-state index contributed by atoms with van der Waals surface area (Å²) in [4.78, 5) is 12.0. The highest BCUT2D eigenvalue weighted by molar-refractivity contribution is 5.96. The summed E-state index contributed by atoms with van der Waals surface area (Å²) in [6.45, 7) is 0.499.